The summed E-state index contributed by atoms with van der Waals surface area (Å²) in [6, 6.07) is 0. The fourth-order valence-electron chi connectivity index (χ4n) is 4.12. The number of hydrogen-bond acceptors (Lipinski definition) is 5. The first-order valence-electron chi connectivity index (χ1n) is 9.69. The summed E-state index contributed by atoms with van der Waals surface area (Å²) in [5.41, 5.74) is 0. The van der Waals surface area contributed by atoms with Gasteiger partial charge in [-0.25, -0.2) is 0 Å². The minimum absolute atomic E-state index is 0.150. The van der Waals surface area contributed by atoms with Crippen LogP contribution in [0.4, 0.5) is 0 Å². The zero-order chi connectivity index (χ0) is 17.4. The Morgan fingerprint density at radius 1 is 1.12 bits per heavy atom. The van der Waals surface area contributed by atoms with Gasteiger partial charge < -0.3 is 14.6 Å². The Balaban J connectivity index is 1.40. The van der Waals surface area contributed by atoms with Crippen LogP contribution in [-0.2, 0) is 18.4 Å². The van der Waals surface area contributed by atoms with Gasteiger partial charge in [0.2, 0.25) is 5.91 Å². The first-order valence-corrected chi connectivity index (χ1v) is 9.69. The Bertz CT molecular complexity index is 619. The van der Waals surface area contributed by atoms with Crippen LogP contribution in [0.2, 0.25) is 0 Å². The summed E-state index contributed by atoms with van der Waals surface area (Å²) in [6.07, 6.45) is 5.80. The second-order valence-electron chi connectivity index (χ2n) is 7.94. The van der Waals surface area contributed by atoms with Crippen LogP contribution >= 0.6 is 0 Å². The molecule has 2 aliphatic heterocycles. The molecule has 4 rings (SSSR count). The van der Waals surface area contributed by atoms with Gasteiger partial charge in [0.15, 0.2) is 0 Å². The van der Waals surface area contributed by atoms with Gasteiger partial charge in [0.25, 0.3) is 0 Å². The number of aliphatic hydroxyl groups excluding tert-OH is 1. The van der Waals surface area contributed by atoms with Crippen LogP contribution in [0.5, 0.6) is 0 Å². The van der Waals surface area contributed by atoms with Crippen LogP contribution in [0.25, 0.3) is 0 Å². The lowest BCUT2D eigenvalue weighted by molar-refractivity contribution is -0.133. The second kappa shape index (κ2) is 7.03. The van der Waals surface area contributed by atoms with Gasteiger partial charge in [-0.2, -0.15) is 0 Å². The normalized spacial score (nSPS) is 26.2. The van der Waals surface area contributed by atoms with E-state index < -0.39 is 0 Å². The molecule has 1 N–H and O–H groups in total. The molecule has 25 heavy (non-hydrogen) atoms. The van der Waals surface area contributed by atoms with Crippen molar-refractivity contribution in [1.82, 2.24) is 24.6 Å². The van der Waals surface area contributed by atoms with Gasteiger partial charge in [-0.15, -0.1) is 10.2 Å². The molecule has 7 heteroatoms. The number of likely N-dealkylation sites (tertiary alicyclic amines) is 2. The van der Waals surface area contributed by atoms with E-state index in [0.717, 1.165) is 82.9 Å². The van der Waals surface area contributed by atoms with Gasteiger partial charge in [0.1, 0.15) is 11.6 Å². The van der Waals surface area contributed by atoms with Crippen molar-refractivity contribution in [3.05, 3.63) is 11.6 Å². The molecule has 138 valence electrons. The quantitative estimate of drug-likeness (QED) is 0.875. The average molecular weight is 347 g/mol. The molecule has 1 aromatic rings. The molecular formula is C18H29N5O2. The molecule has 0 spiro atoms. The highest BCUT2D eigenvalue weighted by atomic mass is 16.3. The Morgan fingerprint density at radius 3 is 2.60 bits per heavy atom. The van der Waals surface area contributed by atoms with E-state index >= 15 is 0 Å². The third kappa shape index (κ3) is 3.72. The molecule has 1 unspecified atom stereocenters. The topological polar surface area (TPSA) is 74.5 Å². The van der Waals surface area contributed by atoms with Crippen molar-refractivity contribution in [3.8, 4) is 0 Å². The highest BCUT2D eigenvalue weighted by molar-refractivity contribution is 5.81. The van der Waals surface area contributed by atoms with Gasteiger partial charge in [-0.3, -0.25) is 9.69 Å². The van der Waals surface area contributed by atoms with Crippen molar-refractivity contribution < 1.29 is 9.90 Å². The number of piperidine rings is 2. The van der Waals surface area contributed by atoms with E-state index in [1.54, 1.807) is 0 Å². The van der Waals surface area contributed by atoms with Crippen LogP contribution in [0.3, 0.4) is 0 Å². The standard InChI is InChI=1S/C18H29N5O2/c1-21-16(12-22-9-6-15(24)7-10-22)19-20-17(21)14-3-2-8-23(11-14)18(25)13-4-5-13/h13-15,24H,2-12H2,1H3. The predicted molar refractivity (Wildman–Crippen MR) is 92.8 cm³/mol. The van der Waals surface area contributed by atoms with Crippen molar-refractivity contribution in [2.45, 2.75) is 57.1 Å². The van der Waals surface area contributed by atoms with Gasteiger partial charge in [0, 0.05) is 45.1 Å². The maximum atomic E-state index is 12.4. The lowest BCUT2D eigenvalue weighted by Gasteiger charge is -2.32. The molecule has 1 aromatic heterocycles. The molecule has 7 nitrogen and oxygen atoms in total. The molecule has 0 radical (unpaired) electrons. The highest BCUT2D eigenvalue weighted by Crippen LogP contribution is 2.34. The van der Waals surface area contributed by atoms with Crippen molar-refractivity contribution in [1.29, 1.82) is 0 Å². The molecule has 3 fully saturated rings. The number of amides is 1. The third-order valence-electron chi connectivity index (χ3n) is 5.95. The smallest absolute Gasteiger partial charge is 0.225 e. The summed E-state index contributed by atoms with van der Waals surface area (Å²) in [5.74, 6) is 2.94. The molecule has 1 atom stereocenters. The molecule has 3 aliphatic rings. The minimum Gasteiger partial charge on any atom is -0.393 e. The first-order chi connectivity index (χ1) is 12.1. The number of aliphatic hydroxyl groups is 1. The number of rotatable bonds is 4. The highest BCUT2D eigenvalue weighted by Gasteiger charge is 2.36. The fourth-order valence-corrected chi connectivity index (χ4v) is 4.12. The maximum Gasteiger partial charge on any atom is 0.225 e. The minimum atomic E-state index is -0.150. The lowest BCUT2D eigenvalue weighted by atomic mass is 9.96. The summed E-state index contributed by atoms with van der Waals surface area (Å²) in [6.45, 7) is 4.30. The monoisotopic (exact) mass is 347 g/mol. The summed E-state index contributed by atoms with van der Waals surface area (Å²) in [4.78, 5) is 16.8. The molecule has 1 aliphatic carbocycles. The van der Waals surface area contributed by atoms with Crippen molar-refractivity contribution >= 4 is 5.91 Å². The lowest BCUT2D eigenvalue weighted by Crippen LogP contribution is -2.40. The van der Waals surface area contributed by atoms with E-state index in [1.165, 1.54) is 0 Å². The van der Waals surface area contributed by atoms with E-state index in [1.807, 2.05) is 11.9 Å². The molecular weight excluding hydrogens is 318 g/mol. The van der Waals surface area contributed by atoms with E-state index in [0.29, 0.717) is 17.7 Å². The van der Waals surface area contributed by atoms with Crippen LogP contribution < -0.4 is 0 Å². The Kier molecular flexibility index (Phi) is 4.78. The number of aromatic nitrogens is 3. The Morgan fingerprint density at radius 2 is 1.88 bits per heavy atom. The SMILES string of the molecule is Cn1c(CN2CCC(O)CC2)nnc1C1CCCN(C(=O)C2CC2)C1. The number of nitrogens with zero attached hydrogens (tertiary/aromatic N) is 5. The van der Waals surface area contributed by atoms with E-state index in [4.69, 9.17) is 0 Å². The summed E-state index contributed by atoms with van der Waals surface area (Å²) in [5, 5.41) is 18.5. The van der Waals surface area contributed by atoms with Crippen molar-refractivity contribution in [2.24, 2.45) is 13.0 Å². The first kappa shape index (κ1) is 17.0. The molecule has 2 saturated heterocycles. The number of carbonyl (C=O) groups is 1. The Labute approximate surface area is 149 Å². The van der Waals surface area contributed by atoms with E-state index in [9.17, 15) is 9.90 Å². The summed E-state index contributed by atoms with van der Waals surface area (Å²) < 4.78 is 2.13. The van der Waals surface area contributed by atoms with Crippen molar-refractivity contribution in [3.63, 3.8) is 0 Å². The van der Waals surface area contributed by atoms with Crippen molar-refractivity contribution in [2.75, 3.05) is 26.2 Å². The zero-order valence-corrected chi connectivity index (χ0v) is 15.1. The fraction of sp³-hybridized carbons (Fsp3) is 0.833. The largest absolute Gasteiger partial charge is 0.393 e. The predicted octanol–water partition coefficient (Wildman–Crippen LogP) is 0.888. The van der Waals surface area contributed by atoms with Crippen LogP contribution in [-0.4, -0.2) is 67.9 Å². The summed E-state index contributed by atoms with van der Waals surface area (Å²) in [7, 11) is 2.05. The van der Waals surface area contributed by atoms with Gasteiger partial charge in [0.05, 0.1) is 12.6 Å². The maximum absolute atomic E-state index is 12.4. The van der Waals surface area contributed by atoms with Gasteiger partial charge in [-0.05, 0) is 38.5 Å². The van der Waals surface area contributed by atoms with Gasteiger partial charge >= 0.3 is 0 Å². The summed E-state index contributed by atoms with van der Waals surface area (Å²) >= 11 is 0. The van der Waals surface area contributed by atoms with Crippen LogP contribution in [0.1, 0.15) is 56.1 Å². The third-order valence-corrected chi connectivity index (χ3v) is 5.95. The second-order valence-corrected chi connectivity index (χ2v) is 7.94. The van der Waals surface area contributed by atoms with E-state index in [-0.39, 0.29) is 6.10 Å². The molecule has 1 saturated carbocycles. The zero-order valence-electron chi connectivity index (χ0n) is 15.1. The van der Waals surface area contributed by atoms with Crippen LogP contribution in [0, 0.1) is 5.92 Å². The van der Waals surface area contributed by atoms with E-state index in [2.05, 4.69) is 19.7 Å². The number of hydrogen-bond donors (Lipinski definition) is 1. The molecule has 3 heterocycles. The molecule has 0 aromatic carbocycles. The Hall–Kier alpha value is -1.47. The van der Waals surface area contributed by atoms with Crippen LogP contribution in [0.15, 0.2) is 0 Å². The molecule has 0 bridgehead atoms. The number of carbonyl (C=O) groups excluding carboxylic acids is 1. The average Bonchev–Trinajstić information content (AvgIpc) is 3.41. The molecule has 1 amide bonds. The van der Waals surface area contributed by atoms with Gasteiger partial charge in [-0.1, -0.05) is 0 Å².